The Bertz CT molecular complexity index is 496. The summed E-state index contributed by atoms with van der Waals surface area (Å²) in [7, 11) is 1.57. The second-order valence-corrected chi connectivity index (χ2v) is 3.74. The minimum absolute atomic E-state index is 0.0100. The third-order valence-corrected chi connectivity index (χ3v) is 2.37. The Morgan fingerprint density at radius 3 is 2.82 bits per heavy atom. The molecule has 2 aromatic heterocycles. The van der Waals surface area contributed by atoms with Gasteiger partial charge in [-0.05, 0) is 26.0 Å². The largest absolute Gasteiger partial charge is 0.481 e. The van der Waals surface area contributed by atoms with Crippen LogP contribution in [0.4, 0.5) is 5.95 Å². The molecular formula is C12H15N3O2. The molecule has 5 heteroatoms. The van der Waals surface area contributed by atoms with E-state index in [1.165, 1.54) is 0 Å². The van der Waals surface area contributed by atoms with Crippen LogP contribution in [0.25, 0.3) is 0 Å². The third-order valence-electron chi connectivity index (χ3n) is 2.37. The molecule has 0 bridgehead atoms. The van der Waals surface area contributed by atoms with E-state index in [1.54, 1.807) is 19.4 Å². The highest BCUT2D eigenvalue weighted by Crippen LogP contribution is 2.19. The van der Waals surface area contributed by atoms with E-state index in [9.17, 15) is 0 Å². The SMILES string of the molecule is COc1ccnc(NC(C)c2ccc(C)o2)n1. The van der Waals surface area contributed by atoms with Gasteiger partial charge in [-0.2, -0.15) is 4.98 Å². The van der Waals surface area contributed by atoms with Crippen molar-refractivity contribution in [3.63, 3.8) is 0 Å². The summed E-state index contributed by atoms with van der Waals surface area (Å²) in [6, 6.07) is 5.58. The highest BCUT2D eigenvalue weighted by Gasteiger charge is 2.10. The Kier molecular flexibility index (Phi) is 3.27. The van der Waals surface area contributed by atoms with E-state index in [4.69, 9.17) is 9.15 Å². The van der Waals surface area contributed by atoms with Crippen LogP contribution in [0.2, 0.25) is 0 Å². The van der Waals surface area contributed by atoms with Crippen molar-refractivity contribution in [2.24, 2.45) is 0 Å². The minimum atomic E-state index is 0.0100. The van der Waals surface area contributed by atoms with E-state index in [0.29, 0.717) is 11.8 Å². The Morgan fingerprint density at radius 2 is 2.18 bits per heavy atom. The number of anilines is 1. The molecule has 0 aliphatic rings. The van der Waals surface area contributed by atoms with Crippen molar-refractivity contribution in [2.75, 3.05) is 12.4 Å². The lowest BCUT2D eigenvalue weighted by molar-refractivity contribution is 0.397. The summed E-state index contributed by atoms with van der Waals surface area (Å²) in [5, 5.41) is 3.15. The van der Waals surface area contributed by atoms with Gasteiger partial charge in [-0.3, -0.25) is 0 Å². The second-order valence-electron chi connectivity index (χ2n) is 3.74. The fraction of sp³-hybridized carbons (Fsp3) is 0.333. The molecule has 0 spiro atoms. The second kappa shape index (κ2) is 4.86. The summed E-state index contributed by atoms with van der Waals surface area (Å²) in [5.41, 5.74) is 0. The van der Waals surface area contributed by atoms with E-state index < -0.39 is 0 Å². The van der Waals surface area contributed by atoms with Crippen LogP contribution in [0.5, 0.6) is 5.88 Å². The smallest absolute Gasteiger partial charge is 0.226 e. The van der Waals surface area contributed by atoms with Gasteiger partial charge < -0.3 is 14.5 Å². The summed E-state index contributed by atoms with van der Waals surface area (Å²) < 4.78 is 10.6. The van der Waals surface area contributed by atoms with E-state index in [0.717, 1.165) is 11.5 Å². The van der Waals surface area contributed by atoms with Gasteiger partial charge in [0.05, 0.1) is 13.2 Å². The molecule has 0 aliphatic heterocycles. The maximum absolute atomic E-state index is 5.52. The molecule has 0 aromatic carbocycles. The summed E-state index contributed by atoms with van der Waals surface area (Å²) in [6.45, 7) is 3.90. The van der Waals surface area contributed by atoms with Crippen molar-refractivity contribution in [1.29, 1.82) is 0 Å². The Morgan fingerprint density at radius 1 is 1.35 bits per heavy atom. The molecule has 5 nitrogen and oxygen atoms in total. The molecule has 2 heterocycles. The Hall–Kier alpha value is -2.04. The molecule has 90 valence electrons. The standard InChI is InChI=1S/C12H15N3O2/c1-8-4-5-10(17-8)9(2)14-12-13-7-6-11(15-12)16-3/h4-7,9H,1-3H3,(H,13,14,15). The number of furan rings is 1. The molecule has 2 rings (SSSR count). The van der Waals surface area contributed by atoms with Gasteiger partial charge in [0.1, 0.15) is 11.5 Å². The van der Waals surface area contributed by atoms with Gasteiger partial charge in [-0.15, -0.1) is 0 Å². The summed E-state index contributed by atoms with van der Waals surface area (Å²) >= 11 is 0. The quantitative estimate of drug-likeness (QED) is 0.879. The van der Waals surface area contributed by atoms with Crippen LogP contribution in [0, 0.1) is 6.92 Å². The van der Waals surface area contributed by atoms with Gasteiger partial charge in [0, 0.05) is 12.3 Å². The number of aryl methyl sites for hydroxylation is 1. The molecule has 0 fully saturated rings. The first-order valence-electron chi connectivity index (χ1n) is 5.39. The Labute approximate surface area is 99.8 Å². The van der Waals surface area contributed by atoms with Gasteiger partial charge in [-0.1, -0.05) is 0 Å². The maximum atomic E-state index is 5.52. The van der Waals surface area contributed by atoms with E-state index in [2.05, 4.69) is 15.3 Å². The van der Waals surface area contributed by atoms with Gasteiger partial charge in [-0.25, -0.2) is 4.98 Å². The van der Waals surface area contributed by atoms with Crippen molar-refractivity contribution in [1.82, 2.24) is 9.97 Å². The zero-order valence-corrected chi connectivity index (χ0v) is 10.1. The average molecular weight is 233 g/mol. The average Bonchev–Trinajstić information content (AvgIpc) is 2.76. The lowest BCUT2D eigenvalue weighted by Gasteiger charge is -2.11. The molecule has 0 radical (unpaired) electrons. The number of ether oxygens (including phenoxy) is 1. The lowest BCUT2D eigenvalue weighted by Crippen LogP contribution is -2.08. The van der Waals surface area contributed by atoms with Crippen LogP contribution < -0.4 is 10.1 Å². The van der Waals surface area contributed by atoms with Crippen LogP contribution in [0.15, 0.2) is 28.8 Å². The van der Waals surface area contributed by atoms with Crippen LogP contribution in [-0.4, -0.2) is 17.1 Å². The number of hydrogen-bond donors (Lipinski definition) is 1. The van der Waals surface area contributed by atoms with Gasteiger partial charge in [0.25, 0.3) is 0 Å². The fourth-order valence-electron chi connectivity index (χ4n) is 1.48. The van der Waals surface area contributed by atoms with Crippen LogP contribution >= 0.6 is 0 Å². The molecule has 0 saturated heterocycles. The maximum Gasteiger partial charge on any atom is 0.226 e. The molecule has 1 unspecified atom stereocenters. The monoisotopic (exact) mass is 233 g/mol. The van der Waals surface area contributed by atoms with Crippen LogP contribution in [0.3, 0.4) is 0 Å². The number of hydrogen-bond acceptors (Lipinski definition) is 5. The number of methoxy groups -OCH3 is 1. The molecule has 0 aliphatic carbocycles. The fourth-order valence-corrected chi connectivity index (χ4v) is 1.48. The minimum Gasteiger partial charge on any atom is -0.481 e. The van der Waals surface area contributed by atoms with Crippen molar-refractivity contribution >= 4 is 5.95 Å². The molecule has 0 saturated carbocycles. The zero-order chi connectivity index (χ0) is 12.3. The molecule has 2 aromatic rings. The summed E-state index contributed by atoms with van der Waals surface area (Å²) in [4.78, 5) is 8.29. The van der Waals surface area contributed by atoms with Gasteiger partial charge in [0.15, 0.2) is 0 Å². The van der Waals surface area contributed by atoms with Crippen LogP contribution in [0.1, 0.15) is 24.5 Å². The van der Waals surface area contributed by atoms with E-state index in [-0.39, 0.29) is 6.04 Å². The van der Waals surface area contributed by atoms with Crippen molar-refractivity contribution in [3.05, 3.63) is 35.9 Å². The van der Waals surface area contributed by atoms with Crippen LogP contribution in [-0.2, 0) is 0 Å². The lowest BCUT2D eigenvalue weighted by atomic mass is 10.2. The zero-order valence-electron chi connectivity index (χ0n) is 10.1. The highest BCUT2D eigenvalue weighted by molar-refractivity contribution is 5.30. The molecule has 1 atom stereocenters. The van der Waals surface area contributed by atoms with Gasteiger partial charge in [0.2, 0.25) is 11.8 Å². The molecule has 17 heavy (non-hydrogen) atoms. The first kappa shape index (κ1) is 11.4. The Balaban J connectivity index is 2.09. The molecule has 0 amide bonds. The summed E-state index contributed by atoms with van der Waals surface area (Å²) in [5.74, 6) is 2.80. The number of aromatic nitrogens is 2. The highest BCUT2D eigenvalue weighted by atomic mass is 16.5. The number of nitrogens with one attached hydrogen (secondary N) is 1. The topological polar surface area (TPSA) is 60.2 Å². The predicted octanol–water partition coefficient (Wildman–Crippen LogP) is 2.56. The molecular weight excluding hydrogens is 218 g/mol. The number of nitrogens with zero attached hydrogens (tertiary/aromatic N) is 2. The normalized spacial score (nSPS) is 12.2. The number of rotatable bonds is 4. The van der Waals surface area contributed by atoms with E-state index in [1.807, 2.05) is 26.0 Å². The van der Waals surface area contributed by atoms with Crippen molar-refractivity contribution in [2.45, 2.75) is 19.9 Å². The third kappa shape index (κ3) is 2.75. The molecule has 1 N–H and O–H groups in total. The first-order valence-corrected chi connectivity index (χ1v) is 5.39. The first-order chi connectivity index (χ1) is 8.19. The predicted molar refractivity (Wildman–Crippen MR) is 64.1 cm³/mol. The van der Waals surface area contributed by atoms with E-state index >= 15 is 0 Å². The summed E-state index contributed by atoms with van der Waals surface area (Å²) in [6.07, 6.45) is 1.65. The van der Waals surface area contributed by atoms with Crippen molar-refractivity contribution < 1.29 is 9.15 Å². The van der Waals surface area contributed by atoms with Crippen molar-refractivity contribution in [3.8, 4) is 5.88 Å². The van der Waals surface area contributed by atoms with Gasteiger partial charge >= 0.3 is 0 Å².